The minimum Gasteiger partial charge on any atom is -0.497 e. The number of rotatable bonds is 3. The summed E-state index contributed by atoms with van der Waals surface area (Å²) in [6, 6.07) is 13.9. The van der Waals surface area contributed by atoms with Crippen LogP contribution in [-0.4, -0.2) is 12.1 Å². The highest BCUT2D eigenvalue weighted by Gasteiger charge is 2.12. The summed E-state index contributed by atoms with van der Waals surface area (Å²) in [6.45, 7) is 0. The molecular weight excluding hydrogens is 320 g/mol. The molecule has 0 N–H and O–H groups in total. The summed E-state index contributed by atoms with van der Waals surface area (Å²) >= 11 is 6.01. The van der Waals surface area contributed by atoms with E-state index in [2.05, 4.69) is 4.98 Å². The van der Waals surface area contributed by atoms with Gasteiger partial charge in [-0.3, -0.25) is 0 Å². The molecule has 23 heavy (non-hydrogen) atoms. The third kappa shape index (κ3) is 3.32. The van der Waals surface area contributed by atoms with E-state index < -0.39 is 11.6 Å². The molecule has 1 heterocycles. The van der Waals surface area contributed by atoms with E-state index in [1.54, 1.807) is 30.3 Å². The quantitative estimate of drug-likeness (QED) is 0.645. The maximum absolute atomic E-state index is 14.0. The first-order valence-electron chi connectivity index (χ1n) is 6.84. The van der Waals surface area contributed by atoms with Gasteiger partial charge in [-0.1, -0.05) is 23.7 Å². The van der Waals surface area contributed by atoms with Crippen LogP contribution in [0.25, 0.3) is 22.5 Å². The second-order valence-electron chi connectivity index (χ2n) is 4.91. The molecule has 0 aliphatic heterocycles. The van der Waals surface area contributed by atoms with Gasteiger partial charge in [-0.25, -0.2) is 13.8 Å². The van der Waals surface area contributed by atoms with Crippen LogP contribution in [0, 0.1) is 11.6 Å². The Bertz CT molecular complexity index is 867. The van der Waals surface area contributed by atoms with Crippen LogP contribution in [0.5, 0.6) is 5.75 Å². The molecule has 0 saturated heterocycles. The molecule has 1 aromatic heterocycles. The predicted octanol–water partition coefficient (Wildman–Crippen LogP) is 5.36. The zero-order valence-corrected chi connectivity index (χ0v) is 12.9. The fraction of sp³-hybridized carbons (Fsp3) is 0.0556. The summed E-state index contributed by atoms with van der Waals surface area (Å²) in [7, 11) is 1.52. The van der Waals surface area contributed by atoms with Crippen molar-refractivity contribution >= 4 is 11.6 Å². The molecule has 0 spiro atoms. The molecule has 0 fully saturated rings. The van der Waals surface area contributed by atoms with Crippen molar-refractivity contribution in [2.24, 2.45) is 0 Å². The highest BCUT2D eigenvalue weighted by molar-refractivity contribution is 6.30. The van der Waals surface area contributed by atoms with Crippen molar-refractivity contribution < 1.29 is 13.5 Å². The van der Waals surface area contributed by atoms with E-state index in [4.69, 9.17) is 16.3 Å². The van der Waals surface area contributed by atoms with E-state index in [1.807, 2.05) is 6.07 Å². The molecule has 0 saturated carbocycles. The monoisotopic (exact) mass is 331 g/mol. The van der Waals surface area contributed by atoms with Gasteiger partial charge >= 0.3 is 0 Å². The number of halogens is 3. The lowest BCUT2D eigenvalue weighted by Gasteiger charge is -2.10. The standard InChI is InChI=1S/C18H12ClF2NO/c1-23-14-9-17(11-3-2-4-12(19)7-11)22-18(10-14)15-6-5-13(20)8-16(15)21/h2-10H,1H3. The number of pyridine rings is 1. The molecule has 2 aromatic carbocycles. The van der Waals surface area contributed by atoms with E-state index in [1.165, 1.54) is 19.2 Å². The van der Waals surface area contributed by atoms with Crippen LogP contribution in [0.1, 0.15) is 0 Å². The molecule has 116 valence electrons. The summed E-state index contributed by atoms with van der Waals surface area (Å²) in [5, 5.41) is 0.571. The summed E-state index contributed by atoms with van der Waals surface area (Å²) in [5.41, 5.74) is 1.93. The average Bonchev–Trinajstić information content (AvgIpc) is 2.54. The number of nitrogens with zero attached hydrogens (tertiary/aromatic N) is 1. The van der Waals surface area contributed by atoms with Crippen molar-refractivity contribution in [2.45, 2.75) is 0 Å². The van der Waals surface area contributed by atoms with Crippen LogP contribution >= 0.6 is 11.6 Å². The van der Waals surface area contributed by atoms with Crippen molar-refractivity contribution in [2.75, 3.05) is 7.11 Å². The number of methoxy groups -OCH3 is 1. The lowest BCUT2D eigenvalue weighted by Crippen LogP contribution is -1.94. The van der Waals surface area contributed by atoms with Crippen LogP contribution in [-0.2, 0) is 0 Å². The number of ether oxygens (including phenoxy) is 1. The first kappa shape index (κ1) is 15.4. The zero-order chi connectivity index (χ0) is 16.4. The van der Waals surface area contributed by atoms with Gasteiger partial charge in [-0.2, -0.15) is 0 Å². The Labute approximate surface area is 137 Å². The second-order valence-corrected chi connectivity index (χ2v) is 5.35. The highest BCUT2D eigenvalue weighted by Crippen LogP contribution is 2.30. The molecule has 0 aliphatic carbocycles. The van der Waals surface area contributed by atoms with E-state index in [-0.39, 0.29) is 5.56 Å². The third-order valence-electron chi connectivity index (χ3n) is 3.36. The SMILES string of the molecule is COc1cc(-c2cccc(Cl)c2)nc(-c2ccc(F)cc2F)c1. The van der Waals surface area contributed by atoms with Gasteiger partial charge in [0.05, 0.1) is 18.5 Å². The maximum Gasteiger partial charge on any atom is 0.135 e. The third-order valence-corrected chi connectivity index (χ3v) is 3.60. The number of aromatic nitrogens is 1. The molecule has 0 bridgehead atoms. The Balaban J connectivity index is 2.16. The van der Waals surface area contributed by atoms with Crippen molar-refractivity contribution in [3.63, 3.8) is 0 Å². The van der Waals surface area contributed by atoms with E-state index in [0.29, 0.717) is 22.2 Å². The van der Waals surface area contributed by atoms with Crippen LogP contribution in [0.15, 0.2) is 54.6 Å². The van der Waals surface area contributed by atoms with Gasteiger partial charge in [0.15, 0.2) is 0 Å². The van der Waals surface area contributed by atoms with Gasteiger partial charge in [0.25, 0.3) is 0 Å². The molecule has 0 aliphatic rings. The number of benzene rings is 2. The summed E-state index contributed by atoms with van der Waals surface area (Å²) in [5.74, 6) is -0.791. The van der Waals surface area contributed by atoms with Gasteiger partial charge in [0.1, 0.15) is 17.4 Å². The van der Waals surface area contributed by atoms with Crippen molar-refractivity contribution in [1.82, 2.24) is 4.98 Å². The number of hydrogen-bond acceptors (Lipinski definition) is 2. The van der Waals surface area contributed by atoms with Gasteiger partial charge in [-0.05, 0) is 24.3 Å². The Morgan fingerprint density at radius 1 is 0.957 bits per heavy atom. The Hall–Kier alpha value is -2.46. The Morgan fingerprint density at radius 3 is 2.43 bits per heavy atom. The molecule has 0 amide bonds. The minimum absolute atomic E-state index is 0.202. The van der Waals surface area contributed by atoms with Crippen molar-refractivity contribution in [3.8, 4) is 28.3 Å². The van der Waals surface area contributed by atoms with Crippen LogP contribution in [0.3, 0.4) is 0 Å². The highest BCUT2D eigenvalue weighted by atomic mass is 35.5. The number of hydrogen-bond donors (Lipinski definition) is 0. The summed E-state index contributed by atoms with van der Waals surface area (Å²) in [6.07, 6.45) is 0. The summed E-state index contributed by atoms with van der Waals surface area (Å²) < 4.78 is 32.4. The van der Waals surface area contributed by atoms with Crippen LogP contribution < -0.4 is 4.74 Å². The van der Waals surface area contributed by atoms with E-state index in [9.17, 15) is 8.78 Å². The largest absolute Gasteiger partial charge is 0.497 e. The molecule has 2 nitrogen and oxygen atoms in total. The molecule has 5 heteroatoms. The molecule has 0 radical (unpaired) electrons. The fourth-order valence-corrected chi connectivity index (χ4v) is 2.44. The van der Waals surface area contributed by atoms with Gasteiger partial charge in [0.2, 0.25) is 0 Å². The zero-order valence-electron chi connectivity index (χ0n) is 12.2. The summed E-state index contributed by atoms with van der Waals surface area (Å²) in [4.78, 5) is 4.45. The lowest BCUT2D eigenvalue weighted by atomic mass is 10.1. The Kier molecular flexibility index (Phi) is 4.26. The predicted molar refractivity (Wildman–Crippen MR) is 86.6 cm³/mol. The average molecular weight is 332 g/mol. The van der Waals surface area contributed by atoms with Crippen LogP contribution in [0.2, 0.25) is 5.02 Å². The molecular formula is C18H12ClF2NO. The van der Waals surface area contributed by atoms with E-state index in [0.717, 1.165) is 11.6 Å². The van der Waals surface area contributed by atoms with Crippen molar-refractivity contribution in [3.05, 3.63) is 71.3 Å². The molecule has 0 unspecified atom stereocenters. The first-order chi connectivity index (χ1) is 11.1. The molecule has 3 rings (SSSR count). The first-order valence-corrected chi connectivity index (χ1v) is 7.22. The van der Waals surface area contributed by atoms with Gasteiger partial charge in [-0.15, -0.1) is 0 Å². The fourth-order valence-electron chi connectivity index (χ4n) is 2.25. The Morgan fingerprint density at radius 2 is 1.74 bits per heavy atom. The van der Waals surface area contributed by atoms with Gasteiger partial charge < -0.3 is 4.74 Å². The minimum atomic E-state index is -0.678. The van der Waals surface area contributed by atoms with Crippen molar-refractivity contribution in [1.29, 1.82) is 0 Å². The molecule has 3 aromatic rings. The molecule has 0 atom stereocenters. The van der Waals surface area contributed by atoms with Crippen LogP contribution in [0.4, 0.5) is 8.78 Å². The smallest absolute Gasteiger partial charge is 0.135 e. The van der Waals surface area contributed by atoms with Gasteiger partial charge in [0, 0.05) is 34.3 Å². The van der Waals surface area contributed by atoms with E-state index >= 15 is 0 Å². The normalized spacial score (nSPS) is 10.6. The lowest BCUT2D eigenvalue weighted by molar-refractivity contribution is 0.414. The second kappa shape index (κ2) is 6.34. The maximum atomic E-state index is 14.0. The topological polar surface area (TPSA) is 22.1 Å².